The van der Waals surface area contributed by atoms with E-state index in [0.717, 1.165) is 25.9 Å². The van der Waals surface area contributed by atoms with Gasteiger partial charge in [-0.05, 0) is 18.8 Å². The van der Waals surface area contributed by atoms with Gasteiger partial charge in [0, 0.05) is 32.2 Å². The molecule has 2 saturated heterocycles. The monoisotopic (exact) mass is 233 g/mol. The first kappa shape index (κ1) is 11.3. The van der Waals surface area contributed by atoms with Crippen molar-refractivity contribution in [2.24, 2.45) is 5.92 Å². The number of hydrogen-bond donors (Lipinski definition) is 2. The smallest absolute Gasteiger partial charge is 0.279 e. The van der Waals surface area contributed by atoms with Gasteiger partial charge in [0.25, 0.3) is 10.2 Å². The maximum atomic E-state index is 11.9. The Morgan fingerprint density at radius 2 is 2.13 bits per heavy atom. The minimum atomic E-state index is -3.23. The molecule has 15 heavy (non-hydrogen) atoms. The molecule has 2 N–H and O–H groups in total. The third-order valence-corrected chi connectivity index (χ3v) is 4.70. The van der Waals surface area contributed by atoms with E-state index in [0.29, 0.717) is 19.0 Å². The topological polar surface area (TPSA) is 61.4 Å². The van der Waals surface area contributed by atoms with E-state index in [1.54, 1.807) is 4.31 Å². The van der Waals surface area contributed by atoms with Crippen LogP contribution in [-0.4, -0.2) is 44.9 Å². The molecule has 88 valence electrons. The average molecular weight is 233 g/mol. The Bertz CT molecular complexity index is 313. The van der Waals surface area contributed by atoms with E-state index in [1.807, 2.05) is 0 Å². The van der Waals surface area contributed by atoms with Crippen molar-refractivity contribution < 1.29 is 8.42 Å². The molecule has 0 spiro atoms. The fourth-order valence-electron chi connectivity index (χ4n) is 2.02. The maximum absolute atomic E-state index is 11.9. The molecule has 5 nitrogen and oxygen atoms in total. The van der Waals surface area contributed by atoms with Gasteiger partial charge in [-0.2, -0.15) is 17.4 Å². The molecule has 2 aliphatic rings. The van der Waals surface area contributed by atoms with Crippen LogP contribution in [0.5, 0.6) is 0 Å². The molecule has 2 rings (SSSR count). The summed E-state index contributed by atoms with van der Waals surface area (Å²) >= 11 is 0. The molecule has 0 radical (unpaired) electrons. The van der Waals surface area contributed by atoms with Crippen molar-refractivity contribution in [3.63, 3.8) is 0 Å². The van der Waals surface area contributed by atoms with Crippen LogP contribution in [0.15, 0.2) is 0 Å². The molecule has 0 bridgehead atoms. The van der Waals surface area contributed by atoms with Crippen LogP contribution in [0.25, 0.3) is 0 Å². The molecule has 0 saturated carbocycles. The van der Waals surface area contributed by atoms with E-state index in [4.69, 9.17) is 0 Å². The standard InChI is InChI=1S/C9H19N3O2S/c1-8-3-2-4-12(7-8)15(13,14)11-9-5-10-6-9/h8-11H,2-7H2,1H3. The Morgan fingerprint density at radius 3 is 2.67 bits per heavy atom. The zero-order chi connectivity index (χ0) is 10.9. The third kappa shape index (κ3) is 2.69. The van der Waals surface area contributed by atoms with Gasteiger partial charge in [0.1, 0.15) is 0 Å². The molecule has 0 aromatic heterocycles. The van der Waals surface area contributed by atoms with E-state index in [-0.39, 0.29) is 6.04 Å². The second-order valence-corrected chi connectivity index (χ2v) is 6.29. The summed E-state index contributed by atoms with van der Waals surface area (Å²) in [5.41, 5.74) is 0. The molecule has 0 aromatic rings. The molecular weight excluding hydrogens is 214 g/mol. The van der Waals surface area contributed by atoms with Crippen LogP contribution in [0.1, 0.15) is 19.8 Å². The lowest BCUT2D eigenvalue weighted by atomic mass is 10.0. The van der Waals surface area contributed by atoms with E-state index in [2.05, 4.69) is 17.0 Å². The van der Waals surface area contributed by atoms with Crippen molar-refractivity contribution >= 4 is 10.2 Å². The van der Waals surface area contributed by atoms with Crippen LogP contribution >= 0.6 is 0 Å². The van der Waals surface area contributed by atoms with Crippen LogP contribution in [0.4, 0.5) is 0 Å². The summed E-state index contributed by atoms with van der Waals surface area (Å²) in [5.74, 6) is 0.481. The predicted molar refractivity (Wildman–Crippen MR) is 58.7 cm³/mol. The number of nitrogens with zero attached hydrogens (tertiary/aromatic N) is 1. The first-order valence-electron chi connectivity index (χ1n) is 5.56. The highest BCUT2D eigenvalue weighted by molar-refractivity contribution is 7.87. The Morgan fingerprint density at radius 1 is 1.40 bits per heavy atom. The SMILES string of the molecule is CC1CCCN(S(=O)(=O)NC2CNC2)C1. The maximum Gasteiger partial charge on any atom is 0.279 e. The van der Waals surface area contributed by atoms with Gasteiger partial charge in [0.05, 0.1) is 0 Å². The van der Waals surface area contributed by atoms with Crippen LogP contribution in [0.3, 0.4) is 0 Å². The summed E-state index contributed by atoms with van der Waals surface area (Å²) in [5, 5.41) is 3.05. The van der Waals surface area contributed by atoms with Gasteiger partial charge in [-0.15, -0.1) is 0 Å². The summed E-state index contributed by atoms with van der Waals surface area (Å²) < 4.78 is 28.1. The van der Waals surface area contributed by atoms with Gasteiger partial charge in [-0.1, -0.05) is 6.92 Å². The van der Waals surface area contributed by atoms with Crippen molar-refractivity contribution in [3.8, 4) is 0 Å². The summed E-state index contributed by atoms with van der Waals surface area (Å²) in [4.78, 5) is 0. The predicted octanol–water partition coefficient (Wildman–Crippen LogP) is -0.475. The average Bonchev–Trinajstić information content (AvgIpc) is 2.12. The highest BCUT2D eigenvalue weighted by Gasteiger charge is 2.30. The van der Waals surface area contributed by atoms with Gasteiger partial charge in [0.15, 0.2) is 0 Å². The van der Waals surface area contributed by atoms with Crippen molar-refractivity contribution in [1.29, 1.82) is 0 Å². The van der Waals surface area contributed by atoms with Crippen molar-refractivity contribution in [3.05, 3.63) is 0 Å². The van der Waals surface area contributed by atoms with Gasteiger partial charge < -0.3 is 5.32 Å². The molecule has 0 amide bonds. The lowest BCUT2D eigenvalue weighted by Crippen LogP contribution is -2.60. The van der Waals surface area contributed by atoms with Gasteiger partial charge in [0.2, 0.25) is 0 Å². The van der Waals surface area contributed by atoms with E-state index < -0.39 is 10.2 Å². The number of nitrogens with one attached hydrogen (secondary N) is 2. The lowest BCUT2D eigenvalue weighted by molar-refractivity contribution is 0.273. The van der Waals surface area contributed by atoms with E-state index in [9.17, 15) is 8.42 Å². The number of hydrogen-bond acceptors (Lipinski definition) is 3. The molecular formula is C9H19N3O2S. The largest absolute Gasteiger partial charge is 0.313 e. The molecule has 1 atom stereocenters. The molecule has 2 aliphatic heterocycles. The second-order valence-electron chi connectivity index (χ2n) is 4.58. The van der Waals surface area contributed by atoms with Crippen molar-refractivity contribution in [2.45, 2.75) is 25.8 Å². The fraction of sp³-hybridized carbons (Fsp3) is 1.00. The summed E-state index contributed by atoms with van der Waals surface area (Å²) in [6.45, 7) is 4.94. The van der Waals surface area contributed by atoms with Crippen LogP contribution in [0.2, 0.25) is 0 Å². The minimum Gasteiger partial charge on any atom is -0.313 e. The molecule has 0 aliphatic carbocycles. The van der Waals surface area contributed by atoms with Crippen LogP contribution < -0.4 is 10.0 Å². The van der Waals surface area contributed by atoms with E-state index >= 15 is 0 Å². The fourth-order valence-corrected chi connectivity index (χ4v) is 3.58. The number of piperidine rings is 1. The van der Waals surface area contributed by atoms with Crippen molar-refractivity contribution in [1.82, 2.24) is 14.3 Å². The first-order chi connectivity index (χ1) is 7.08. The molecule has 2 fully saturated rings. The summed E-state index contributed by atoms with van der Waals surface area (Å²) in [6, 6.07) is 0.0900. The first-order valence-corrected chi connectivity index (χ1v) is 7.00. The Balaban J connectivity index is 1.94. The van der Waals surface area contributed by atoms with Gasteiger partial charge >= 0.3 is 0 Å². The Kier molecular flexibility index (Phi) is 3.30. The molecule has 6 heteroatoms. The zero-order valence-corrected chi connectivity index (χ0v) is 9.89. The molecule has 1 unspecified atom stereocenters. The quantitative estimate of drug-likeness (QED) is 0.692. The normalized spacial score (nSPS) is 30.1. The third-order valence-electron chi connectivity index (χ3n) is 3.06. The summed E-state index contributed by atoms with van der Waals surface area (Å²) in [7, 11) is -3.23. The number of rotatable bonds is 3. The summed E-state index contributed by atoms with van der Waals surface area (Å²) in [6.07, 6.45) is 2.11. The Labute approximate surface area is 91.4 Å². The lowest BCUT2D eigenvalue weighted by Gasteiger charge is -2.34. The van der Waals surface area contributed by atoms with Gasteiger partial charge in [-0.3, -0.25) is 0 Å². The van der Waals surface area contributed by atoms with Crippen LogP contribution in [0, 0.1) is 5.92 Å². The highest BCUT2D eigenvalue weighted by Crippen LogP contribution is 2.17. The zero-order valence-electron chi connectivity index (χ0n) is 9.07. The molecule has 2 heterocycles. The molecule has 0 aromatic carbocycles. The Hall–Kier alpha value is -0.170. The van der Waals surface area contributed by atoms with Gasteiger partial charge in [-0.25, -0.2) is 0 Å². The highest BCUT2D eigenvalue weighted by atomic mass is 32.2. The second kappa shape index (κ2) is 4.37. The van der Waals surface area contributed by atoms with Crippen LogP contribution in [-0.2, 0) is 10.2 Å². The minimum absolute atomic E-state index is 0.0900. The van der Waals surface area contributed by atoms with E-state index in [1.165, 1.54) is 0 Å². The van der Waals surface area contributed by atoms with Crippen molar-refractivity contribution in [2.75, 3.05) is 26.2 Å².